The number of phenolic OH excluding ortho intramolecular Hbond substituents is 1. The zero-order valence-electron chi connectivity index (χ0n) is 23.7. The Labute approximate surface area is 251 Å². The Balaban J connectivity index is 1.50. The number of likely N-dealkylation sites (N-methyl/N-ethyl adjacent to an activating group) is 1. The SMILES string of the molecule is CCc1c(F)ccc2cc(O)cc(-c3c(Cl)c4c5c(nc(OC)nc5c3F)N(C)C(C3CCc5ccnc(N)c53)CO4)c12. The molecule has 1 aliphatic carbocycles. The average Bonchev–Trinajstić information content (AvgIpc) is 3.37. The summed E-state index contributed by atoms with van der Waals surface area (Å²) in [5.41, 5.74) is 8.94. The third-order valence-corrected chi connectivity index (χ3v) is 9.16. The van der Waals surface area contributed by atoms with Gasteiger partial charge in [0, 0.05) is 30.3 Å². The van der Waals surface area contributed by atoms with Crippen molar-refractivity contribution in [1.29, 1.82) is 0 Å². The Morgan fingerprint density at radius 1 is 1.19 bits per heavy atom. The van der Waals surface area contributed by atoms with Gasteiger partial charge < -0.3 is 25.2 Å². The van der Waals surface area contributed by atoms with Gasteiger partial charge in [-0.3, -0.25) is 0 Å². The Bertz CT molecular complexity index is 1970. The highest BCUT2D eigenvalue weighted by atomic mass is 35.5. The van der Waals surface area contributed by atoms with E-state index in [0.717, 1.165) is 24.0 Å². The van der Waals surface area contributed by atoms with E-state index in [4.69, 9.17) is 26.8 Å². The summed E-state index contributed by atoms with van der Waals surface area (Å²) in [6.45, 7) is 2.00. The maximum absolute atomic E-state index is 16.9. The molecule has 0 amide bonds. The van der Waals surface area contributed by atoms with Crippen LogP contribution in [0.5, 0.6) is 17.5 Å². The van der Waals surface area contributed by atoms with Crippen LogP contribution in [0.1, 0.15) is 36.0 Å². The highest BCUT2D eigenvalue weighted by Gasteiger charge is 2.39. The molecule has 0 saturated heterocycles. The molecule has 2 aliphatic rings. The number of rotatable bonds is 4. The van der Waals surface area contributed by atoms with Crippen LogP contribution in [0.3, 0.4) is 0 Å². The molecule has 2 atom stereocenters. The minimum atomic E-state index is -0.765. The monoisotopic (exact) mass is 603 g/mol. The van der Waals surface area contributed by atoms with E-state index in [1.807, 2.05) is 24.9 Å². The molecule has 2 unspecified atom stereocenters. The topological polar surface area (TPSA) is 107 Å². The van der Waals surface area contributed by atoms with Gasteiger partial charge in [-0.1, -0.05) is 24.6 Å². The molecule has 43 heavy (non-hydrogen) atoms. The van der Waals surface area contributed by atoms with E-state index in [1.54, 1.807) is 12.3 Å². The standard InChI is InChI=1S/C32H28ClF2N5O3/c1-4-17-20(34)8-6-15-11-16(41)12-19(22(15)17)24-26(33)29-25-28(27(24)35)38-32(42-3)39-31(25)40(2)21(13-43-29)18-7-5-14-9-10-37-30(36)23(14)18/h6,8-12,18,21,41H,4-5,7,13H2,1-3H3,(H2,36,37). The zero-order valence-corrected chi connectivity index (χ0v) is 24.5. The molecule has 1 aliphatic heterocycles. The van der Waals surface area contributed by atoms with E-state index in [9.17, 15) is 5.11 Å². The fourth-order valence-electron chi connectivity index (χ4n) is 6.84. The second-order valence-corrected chi connectivity index (χ2v) is 11.3. The van der Waals surface area contributed by atoms with Crippen LogP contribution in [0.4, 0.5) is 20.4 Å². The van der Waals surface area contributed by atoms with Crippen molar-refractivity contribution in [2.24, 2.45) is 0 Å². The second kappa shape index (κ2) is 10.1. The zero-order chi connectivity index (χ0) is 30.2. The van der Waals surface area contributed by atoms with E-state index in [-0.39, 0.29) is 57.7 Å². The molecular formula is C32H28ClF2N5O3. The number of nitrogen functional groups attached to an aromatic ring is 1. The molecule has 3 N–H and O–H groups in total. The van der Waals surface area contributed by atoms with Crippen LogP contribution in [0.15, 0.2) is 36.5 Å². The van der Waals surface area contributed by atoms with Gasteiger partial charge >= 0.3 is 6.01 Å². The van der Waals surface area contributed by atoms with Crippen molar-refractivity contribution in [1.82, 2.24) is 15.0 Å². The Kier molecular flexibility index (Phi) is 6.42. The van der Waals surface area contributed by atoms with Crippen molar-refractivity contribution in [3.8, 4) is 28.6 Å². The number of nitrogens with two attached hydrogens (primary N) is 1. The van der Waals surface area contributed by atoms with Crippen molar-refractivity contribution in [3.05, 3.63) is 69.9 Å². The first-order chi connectivity index (χ1) is 20.7. The van der Waals surface area contributed by atoms with Crippen LogP contribution in [-0.4, -0.2) is 46.9 Å². The van der Waals surface area contributed by atoms with Gasteiger partial charge in [-0.25, -0.2) is 13.8 Å². The number of hydrogen-bond donors (Lipinski definition) is 2. The lowest BCUT2D eigenvalue weighted by Crippen LogP contribution is -2.40. The average molecular weight is 604 g/mol. The predicted octanol–water partition coefficient (Wildman–Crippen LogP) is 6.56. The van der Waals surface area contributed by atoms with Gasteiger partial charge in [0.25, 0.3) is 0 Å². The van der Waals surface area contributed by atoms with Crippen LogP contribution in [0.2, 0.25) is 5.02 Å². The number of nitrogens with zero attached hydrogens (tertiary/aromatic N) is 4. The molecule has 220 valence electrons. The lowest BCUT2D eigenvalue weighted by atomic mass is 9.91. The van der Waals surface area contributed by atoms with Gasteiger partial charge in [-0.15, -0.1) is 0 Å². The largest absolute Gasteiger partial charge is 0.508 e. The second-order valence-electron chi connectivity index (χ2n) is 11.0. The summed E-state index contributed by atoms with van der Waals surface area (Å²) in [4.78, 5) is 15.3. The maximum Gasteiger partial charge on any atom is 0.318 e. The number of hydrogen-bond acceptors (Lipinski definition) is 8. The first-order valence-corrected chi connectivity index (χ1v) is 14.4. The molecule has 7 rings (SSSR count). The molecule has 0 saturated carbocycles. The fourth-order valence-corrected chi connectivity index (χ4v) is 7.17. The third kappa shape index (κ3) is 4.03. The highest BCUT2D eigenvalue weighted by Crippen LogP contribution is 2.51. The Morgan fingerprint density at radius 3 is 2.77 bits per heavy atom. The summed E-state index contributed by atoms with van der Waals surface area (Å²) in [5.74, 6) is -0.291. The van der Waals surface area contributed by atoms with Gasteiger partial charge in [0.2, 0.25) is 0 Å². The number of anilines is 2. The molecular weight excluding hydrogens is 576 g/mol. The summed E-state index contributed by atoms with van der Waals surface area (Å²) in [6, 6.07) is 7.47. The van der Waals surface area contributed by atoms with Gasteiger partial charge in [0.05, 0.1) is 23.6 Å². The number of pyridine rings is 1. The summed E-state index contributed by atoms with van der Waals surface area (Å²) in [7, 11) is 3.28. The lowest BCUT2D eigenvalue weighted by Gasteiger charge is -2.32. The minimum absolute atomic E-state index is 0.0275. The normalized spacial score (nSPS) is 17.7. The summed E-state index contributed by atoms with van der Waals surface area (Å²) in [6.07, 6.45) is 3.71. The van der Waals surface area contributed by atoms with Crippen molar-refractivity contribution < 1.29 is 23.4 Å². The number of fused-ring (bicyclic) bond motifs is 2. The lowest BCUT2D eigenvalue weighted by molar-refractivity contribution is 0.272. The number of ether oxygens (including phenoxy) is 2. The molecule has 5 aromatic rings. The number of halogens is 3. The van der Waals surface area contributed by atoms with Crippen molar-refractivity contribution in [2.75, 3.05) is 31.4 Å². The Morgan fingerprint density at radius 2 is 2.00 bits per heavy atom. The van der Waals surface area contributed by atoms with Crippen LogP contribution in [0.25, 0.3) is 32.8 Å². The van der Waals surface area contributed by atoms with Gasteiger partial charge in [0.1, 0.15) is 35.3 Å². The van der Waals surface area contributed by atoms with E-state index in [2.05, 4.69) is 15.0 Å². The van der Waals surface area contributed by atoms with Crippen molar-refractivity contribution in [3.63, 3.8) is 0 Å². The maximum atomic E-state index is 16.9. The Hall–Kier alpha value is -4.44. The van der Waals surface area contributed by atoms with E-state index < -0.39 is 11.6 Å². The van der Waals surface area contributed by atoms with Crippen LogP contribution in [-0.2, 0) is 12.8 Å². The molecule has 0 fully saturated rings. The van der Waals surface area contributed by atoms with E-state index in [0.29, 0.717) is 39.8 Å². The van der Waals surface area contributed by atoms with Gasteiger partial charge in [0.15, 0.2) is 11.6 Å². The summed E-state index contributed by atoms with van der Waals surface area (Å²) >= 11 is 7.05. The number of aromatic nitrogens is 3. The van der Waals surface area contributed by atoms with Gasteiger partial charge in [-0.2, -0.15) is 9.97 Å². The number of aryl methyl sites for hydroxylation is 2. The number of aromatic hydroxyl groups is 1. The molecule has 11 heteroatoms. The van der Waals surface area contributed by atoms with Crippen LogP contribution >= 0.6 is 11.6 Å². The summed E-state index contributed by atoms with van der Waals surface area (Å²) in [5, 5.41) is 11.9. The van der Waals surface area contributed by atoms with Crippen molar-refractivity contribution >= 4 is 44.9 Å². The minimum Gasteiger partial charge on any atom is -0.508 e. The smallest absolute Gasteiger partial charge is 0.318 e. The van der Waals surface area contributed by atoms with Crippen LogP contribution in [0, 0.1) is 11.6 Å². The number of methoxy groups -OCH3 is 1. The first-order valence-electron chi connectivity index (χ1n) is 14.0. The highest BCUT2D eigenvalue weighted by molar-refractivity contribution is 6.37. The summed E-state index contributed by atoms with van der Waals surface area (Å²) < 4.78 is 43.8. The first kappa shape index (κ1) is 27.4. The molecule has 2 aromatic heterocycles. The molecule has 8 nitrogen and oxygen atoms in total. The van der Waals surface area contributed by atoms with Crippen molar-refractivity contribution in [2.45, 2.75) is 38.1 Å². The third-order valence-electron chi connectivity index (χ3n) is 8.80. The van der Waals surface area contributed by atoms with E-state index in [1.165, 1.54) is 25.3 Å². The molecule has 0 bridgehead atoms. The molecule has 0 radical (unpaired) electrons. The van der Waals surface area contributed by atoms with Gasteiger partial charge in [-0.05, 0) is 71.0 Å². The fraction of sp³-hybridized carbons (Fsp3) is 0.281. The quantitative estimate of drug-likeness (QED) is 0.238. The molecule has 3 aromatic carbocycles. The predicted molar refractivity (Wildman–Crippen MR) is 162 cm³/mol. The molecule has 0 spiro atoms. The van der Waals surface area contributed by atoms with Crippen LogP contribution < -0.4 is 20.1 Å². The number of benzene rings is 3. The molecule has 3 heterocycles. The van der Waals surface area contributed by atoms with E-state index >= 15 is 8.78 Å². The number of phenols is 1.